The van der Waals surface area contributed by atoms with Crippen molar-refractivity contribution in [2.45, 2.75) is 13.8 Å². The molecule has 0 aliphatic rings. The minimum absolute atomic E-state index is 0. The number of hydrogen-bond donors (Lipinski definition) is 0. The molecule has 0 rings (SSSR count). The molecule has 1 N–H and O–H groups in total. The fraction of sp³-hybridized carbons (Fsp3) is 0.750. The van der Waals surface area contributed by atoms with E-state index in [1.54, 1.807) is 6.92 Å². The van der Waals surface area contributed by atoms with Gasteiger partial charge in [-0.2, -0.15) is 0 Å². The summed E-state index contributed by atoms with van der Waals surface area (Å²) < 4.78 is 4.40. The molecular weight excluding hydrogens is 119 g/mol. The summed E-state index contributed by atoms with van der Waals surface area (Å²) in [5, 5.41) is 0. The molecule has 0 aromatic carbocycles. The third-order valence-electron chi connectivity index (χ3n) is 0.348. The summed E-state index contributed by atoms with van der Waals surface area (Å²) in [6.07, 6.45) is 0. The van der Waals surface area contributed by atoms with Gasteiger partial charge in [0, 0.05) is 6.92 Å². The first-order valence-corrected chi connectivity index (χ1v) is 1.90. The molecule has 0 aliphatic heterocycles. The molecular formula is C4H9NaO3. The number of carbonyl (C=O) groups is 1. The van der Waals surface area contributed by atoms with E-state index in [-0.39, 0.29) is 41.0 Å². The van der Waals surface area contributed by atoms with E-state index in [4.69, 9.17) is 0 Å². The van der Waals surface area contributed by atoms with Crippen LogP contribution in [0.4, 0.5) is 0 Å². The Labute approximate surface area is 71.0 Å². The molecule has 44 valence electrons. The summed E-state index contributed by atoms with van der Waals surface area (Å²) >= 11 is 0. The summed E-state index contributed by atoms with van der Waals surface area (Å²) in [6.45, 7) is 3.65. The van der Waals surface area contributed by atoms with E-state index in [0.717, 1.165) is 0 Å². The first-order valence-electron chi connectivity index (χ1n) is 1.90. The molecule has 3 nitrogen and oxygen atoms in total. The van der Waals surface area contributed by atoms with E-state index in [2.05, 4.69) is 4.74 Å². The largest absolute Gasteiger partial charge is 1.00 e. The molecule has 0 aliphatic carbocycles. The summed E-state index contributed by atoms with van der Waals surface area (Å²) in [4.78, 5) is 9.82. The van der Waals surface area contributed by atoms with Crippen molar-refractivity contribution in [1.82, 2.24) is 0 Å². The van der Waals surface area contributed by atoms with Gasteiger partial charge < -0.3 is 10.2 Å². The van der Waals surface area contributed by atoms with Gasteiger partial charge in [-0.1, -0.05) is 0 Å². The Bertz CT molecular complexity index is 55.2. The number of esters is 1. The van der Waals surface area contributed by atoms with Gasteiger partial charge in [0.1, 0.15) is 0 Å². The molecule has 0 fully saturated rings. The van der Waals surface area contributed by atoms with Crippen molar-refractivity contribution in [2.24, 2.45) is 0 Å². The normalized spacial score (nSPS) is 5.75. The van der Waals surface area contributed by atoms with Gasteiger partial charge in [-0.3, -0.25) is 4.79 Å². The zero-order valence-corrected chi connectivity index (χ0v) is 7.47. The van der Waals surface area contributed by atoms with E-state index in [9.17, 15) is 4.79 Å². The van der Waals surface area contributed by atoms with Gasteiger partial charge in [0.25, 0.3) is 0 Å². The van der Waals surface area contributed by atoms with Crippen LogP contribution in [0.25, 0.3) is 0 Å². The number of carbonyl (C=O) groups excluding carboxylic acids is 1. The third-order valence-corrected chi connectivity index (χ3v) is 0.348. The Morgan fingerprint density at radius 2 is 2.00 bits per heavy atom. The fourth-order valence-electron chi connectivity index (χ4n) is 0.203. The van der Waals surface area contributed by atoms with Gasteiger partial charge in [0.2, 0.25) is 0 Å². The molecule has 8 heavy (non-hydrogen) atoms. The summed E-state index contributed by atoms with van der Waals surface area (Å²) in [6, 6.07) is 0. The number of ether oxygens (including phenoxy) is 1. The third kappa shape index (κ3) is 16.1. The van der Waals surface area contributed by atoms with Gasteiger partial charge in [0.05, 0.1) is 6.61 Å². The zero-order chi connectivity index (χ0) is 4.99. The molecule has 0 unspecified atom stereocenters. The molecule has 0 bridgehead atoms. The van der Waals surface area contributed by atoms with Crippen LogP contribution in [-0.2, 0) is 9.53 Å². The van der Waals surface area contributed by atoms with E-state index < -0.39 is 0 Å². The summed E-state index contributed by atoms with van der Waals surface area (Å²) in [5.74, 6) is -0.211. The van der Waals surface area contributed by atoms with E-state index in [1.807, 2.05) is 0 Å². The molecule has 0 saturated carbocycles. The van der Waals surface area contributed by atoms with E-state index in [1.165, 1.54) is 6.92 Å². The Morgan fingerprint density at radius 3 is 2.00 bits per heavy atom. The van der Waals surface area contributed by atoms with Crippen molar-refractivity contribution < 1.29 is 44.6 Å². The Hall–Kier alpha value is 0.430. The van der Waals surface area contributed by atoms with Crippen LogP contribution in [0.5, 0.6) is 0 Å². The van der Waals surface area contributed by atoms with Gasteiger partial charge >= 0.3 is 35.5 Å². The predicted molar refractivity (Wildman–Crippen MR) is 24.2 cm³/mol. The van der Waals surface area contributed by atoms with Crippen molar-refractivity contribution in [3.8, 4) is 0 Å². The van der Waals surface area contributed by atoms with Gasteiger partial charge in [-0.25, -0.2) is 0 Å². The van der Waals surface area contributed by atoms with Crippen LogP contribution >= 0.6 is 0 Å². The number of hydrogen-bond acceptors (Lipinski definition) is 3. The van der Waals surface area contributed by atoms with E-state index >= 15 is 0 Å². The second kappa shape index (κ2) is 10.4. The second-order valence-electron chi connectivity index (χ2n) is 0.925. The van der Waals surface area contributed by atoms with Crippen LogP contribution in [0.15, 0.2) is 0 Å². The van der Waals surface area contributed by atoms with Crippen LogP contribution in [0.2, 0.25) is 0 Å². The molecule has 0 spiro atoms. The van der Waals surface area contributed by atoms with Gasteiger partial charge in [-0.05, 0) is 6.92 Å². The van der Waals surface area contributed by atoms with Crippen molar-refractivity contribution in [3.63, 3.8) is 0 Å². The average Bonchev–Trinajstić information content (AvgIpc) is 1.35. The molecule has 0 aromatic heterocycles. The summed E-state index contributed by atoms with van der Waals surface area (Å²) in [5.41, 5.74) is 0. The van der Waals surface area contributed by atoms with Crippen molar-refractivity contribution in [3.05, 3.63) is 0 Å². The minimum Gasteiger partial charge on any atom is -0.870 e. The first-order chi connectivity index (χ1) is 2.77. The van der Waals surface area contributed by atoms with Gasteiger partial charge in [-0.15, -0.1) is 0 Å². The van der Waals surface area contributed by atoms with Crippen LogP contribution in [-0.4, -0.2) is 18.1 Å². The average molecular weight is 128 g/mol. The standard InChI is InChI=1S/C4H8O2.Na.H2O/c1-3-6-4(2)5;;/h3H2,1-2H3;;1H2/q;+1;/p-1. The molecule has 0 atom stereocenters. The van der Waals surface area contributed by atoms with Crippen molar-refractivity contribution in [1.29, 1.82) is 0 Å². The number of rotatable bonds is 1. The van der Waals surface area contributed by atoms with Crippen molar-refractivity contribution >= 4 is 5.97 Å². The fourth-order valence-corrected chi connectivity index (χ4v) is 0.203. The Kier molecular flexibility index (Phi) is 20.6. The molecule has 0 radical (unpaired) electrons. The molecule has 4 heteroatoms. The van der Waals surface area contributed by atoms with Crippen LogP contribution < -0.4 is 29.6 Å². The Balaban J connectivity index is -0.000000125. The Morgan fingerprint density at radius 1 is 1.62 bits per heavy atom. The molecule has 0 amide bonds. The molecule has 0 saturated heterocycles. The zero-order valence-electron chi connectivity index (χ0n) is 5.47. The maximum absolute atomic E-state index is 9.82. The topological polar surface area (TPSA) is 56.3 Å². The quantitative estimate of drug-likeness (QED) is 0.287. The molecule has 0 heterocycles. The summed E-state index contributed by atoms with van der Waals surface area (Å²) in [7, 11) is 0. The van der Waals surface area contributed by atoms with Crippen LogP contribution in [0.1, 0.15) is 13.8 Å². The maximum atomic E-state index is 9.82. The SMILES string of the molecule is CCOC(C)=O.[Na+].[OH-]. The predicted octanol–water partition coefficient (Wildman–Crippen LogP) is -2.60. The minimum atomic E-state index is -0.211. The van der Waals surface area contributed by atoms with Crippen LogP contribution in [0.3, 0.4) is 0 Å². The van der Waals surface area contributed by atoms with Gasteiger partial charge in [0.15, 0.2) is 0 Å². The monoisotopic (exact) mass is 128 g/mol. The smallest absolute Gasteiger partial charge is 0.870 e. The maximum Gasteiger partial charge on any atom is 1.00 e. The second-order valence-corrected chi connectivity index (χ2v) is 0.925. The van der Waals surface area contributed by atoms with E-state index in [0.29, 0.717) is 6.61 Å². The van der Waals surface area contributed by atoms with Crippen LogP contribution in [0, 0.1) is 0 Å². The molecule has 0 aromatic rings. The van der Waals surface area contributed by atoms with Crippen molar-refractivity contribution in [2.75, 3.05) is 6.61 Å². The first kappa shape index (κ1) is 15.8.